The monoisotopic (exact) mass is 442 g/mol. The minimum absolute atomic E-state index is 0.0362. The highest BCUT2D eigenvalue weighted by molar-refractivity contribution is 6.30. The van der Waals surface area contributed by atoms with E-state index in [-0.39, 0.29) is 11.8 Å². The molecule has 0 saturated carbocycles. The van der Waals surface area contributed by atoms with Gasteiger partial charge in [-0.1, -0.05) is 97.1 Å². The Hall–Kier alpha value is -4.44. The zero-order chi connectivity index (χ0) is 23.1. The van der Waals surface area contributed by atoms with Crippen molar-refractivity contribution in [3.63, 3.8) is 0 Å². The molecule has 0 saturated heterocycles. The Morgan fingerprint density at radius 2 is 1.38 bits per heavy atom. The lowest BCUT2D eigenvalue weighted by Crippen LogP contribution is -1.99. The number of hydrogen-bond donors (Lipinski definition) is 2. The molecule has 4 aromatic rings. The largest absolute Gasteiger partial charge is 0.494 e. The van der Waals surface area contributed by atoms with Crippen LogP contribution in [0.25, 0.3) is 28.0 Å². The molecule has 2 N–H and O–H groups in total. The molecule has 0 atom stereocenters. The number of H-pyrrole nitrogens is 1. The van der Waals surface area contributed by atoms with E-state index < -0.39 is 0 Å². The summed E-state index contributed by atoms with van der Waals surface area (Å²) in [5.74, 6) is -0.376. The van der Waals surface area contributed by atoms with E-state index in [0.29, 0.717) is 22.5 Å². The molecule has 1 aliphatic heterocycles. The van der Waals surface area contributed by atoms with Crippen molar-refractivity contribution in [2.24, 2.45) is 4.99 Å². The maximum Gasteiger partial charge on any atom is 0.280 e. The van der Waals surface area contributed by atoms with Gasteiger partial charge in [0.05, 0.1) is 22.5 Å². The number of aromatic hydroxyl groups is 1. The van der Waals surface area contributed by atoms with E-state index in [2.05, 4.69) is 52.5 Å². The molecule has 0 unspecified atom stereocenters. The highest BCUT2D eigenvalue weighted by Crippen LogP contribution is 2.38. The first-order valence-corrected chi connectivity index (χ1v) is 11.4. The second-order valence-corrected chi connectivity index (χ2v) is 8.54. The summed E-state index contributed by atoms with van der Waals surface area (Å²) in [7, 11) is 0. The van der Waals surface area contributed by atoms with Gasteiger partial charge in [-0.2, -0.15) is 0 Å². The first-order valence-electron chi connectivity index (χ1n) is 11.4. The zero-order valence-corrected chi connectivity index (χ0v) is 18.5. The van der Waals surface area contributed by atoms with Gasteiger partial charge in [-0.3, -0.25) is 4.79 Å². The van der Waals surface area contributed by atoms with Gasteiger partial charge in [-0.05, 0) is 40.7 Å². The second-order valence-electron chi connectivity index (χ2n) is 8.54. The van der Waals surface area contributed by atoms with Crippen molar-refractivity contribution in [2.75, 3.05) is 0 Å². The Morgan fingerprint density at radius 3 is 2.09 bits per heavy atom. The van der Waals surface area contributed by atoms with Gasteiger partial charge < -0.3 is 10.1 Å². The molecule has 0 bridgehead atoms. The van der Waals surface area contributed by atoms with E-state index in [0.717, 1.165) is 35.1 Å². The molecule has 6 rings (SSSR count). The molecule has 2 aliphatic rings. The van der Waals surface area contributed by atoms with Gasteiger partial charge in [-0.15, -0.1) is 0 Å². The standard InChI is InChI=1S/C30H22N2O2/c33-29-25-26(28(32-29)24-17-13-22(14-18-24)20-9-5-2-6-10-20)30(34)31-27(25)23-15-11-21(12-16-23)19-7-3-1-4-8-19/h1-5,7-9,11-18,32-33H,6,10H2. The summed E-state index contributed by atoms with van der Waals surface area (Å²) in [5, 5.41) is 10.7. The van der Waals surface area contributed by atoms with E-state index in [1.54, 1.807) is 0 Å². The Bertz CT molecular complexity index is 1490. The van der Waals surface area contributed by atoms with E-state index in [1.165, 1.54) is 11.1 Å². The molecule has 0 radical (unpaired) electrons. The predicted octanol–water partition coefficient (Wildman–Crippen LogP) is 6.78. The van der Waals surface area contributed by atoms with Crippen molar-refractivity contribution >= 4 is 17.2 Å². The third-order valence-electron chi connectivity index (χ3n) is 6.47. The van der Waals surface area contributed by atoms with E-state index >= 15 is 0 Å². The number of rotatable bonds is 4. The van der Waals surface area contributed by atoms with Gasteiger partial charge in [0.1, 0.15) is 0 Å². The fraction of sp³-hybridized carbons (Fsp3) is 0.0667. The summed E-state index contributed by atoms with van der Waals surface area (Å²) < 4.78 is 0. The number of aliphatic imine (C=N–C) groups is 1. The van der Waals surface area contributed by atoms with Crippen LogP contribution in [0.3, 0.4) is 0 Å². The SMILES string of the molecule is O=C1N=C(c2ccc(-c3ccccc3)cc2)c2c(O)[nH]c(-c3ccc(C4=CC=CCC4)cc3)c21. The van der Waals surface area contributed by atoms with Crippen LogP contribution in [0.2, 0.25) is 0 Å². The fourth-order valence-electron chi connectivity index (χ4n) is 4.72. The van der Waals surface area contributed by atoms with Crippen LogP contribution in [-0.4, -0.2) is 21.7 Å². The molecule has 1 aromatic heterocycles. The zero-order valence-electron chi connectivity index (χ0n) is 18.5. The van der Waals surface area contributed by atoms with Crippen LogP contribution in [0.1, 0.15) is 39.9 Å². The average molecular weight is 443 g/mol. The molecule has 4 heteroatoms. The highest BCUT2D eigenvalue weighted by Gasteiger charge is 2.33. The fourth-order valence-corrected chi connectivity index (χ4v) is 4.72. The van der Waals surface area contributed by atoms with Crippen molar-refractivity contribution in [3.8, 4) is 28.3 Å². The third-order valence-corrected chi connectivity index (χ3v) is 6.47. The number of carbonyl (C=O) groups is 1. The van der Waals surface area contributed by atoms with Crippen molar-refractivity contribution in [1.29, 1.82) is 0 Å². The van der Waals surface area contributed by atoms with Crippen LogP contribution in [0, 0.1) is 0 Å². The third kappa shape index (κ3) is 3.41. The van der Waals surface area contributed by atoms with E-state index in [1.807, 2.05) is 54.6 Å². The number of allylic oxidation sites excluding steroid dienone is 4. The summed E-state index contributed by atoms with van der Waals surface area (Å²) in [6.45, 7) is 0. The van der Waals surface area contributed by atoms with Crippen molar-refractivity contribution < 1.29 is 9.90 Å². The van der Waals surface area contributed by atoms with Gasteiger partial charge >= 0.3 is 0 Å². The number of hydrogen-bond acceptors (Lipinski definition) is 2. The molecular formula is C30H22N2O2. The molecule has 1 amide bonds. The first-order chi connectivity index (χ1) is 16.7. The molecule has 4 nitrogen and oxygen atoms in total. The first kappa shape index (κ1) is 20.2. The van der Waals surface area contributed by atoms with Crippen molar-refractivity contribution in [3.05, 3.63) is 119 Å². The van der Waals surface area contributed by atoms with E-state index in [9.17, 15) is 9.90 Å². The number of carbonyl (C=O) groups excluding carboxylic acids is 1. The van der Waals surface area contributed by atoms with Gasteiger partial charge in [0, 0.05) is 5.56 Å². The molecule has 2 heterocycles. The highest BCUT2D eigenvalue weighted by atomic mass is 16.3. The van der Waals surface area contributed by atoms with Gasteiger partial charge in [0.2, 0.25) is 0 Å². The topological polar surface area (TPSA) is 65.4 Å². The lowest BCUT2D eigenvalue weighted by atomic mass is 9.95. The smallest absolute Gasteiger partial charge is 0.280 e. The number of amides is 1. The maximum absolute atomic E-state index is 12.9. The van der Waals surface area contributed by atoms with Gasteiger partial charge in [0.25, 0.3) is 5.91 Å². The summed E-state index contributed by atoms with van der Waals surface area (Å²) in [5.41, 5.74) is 8.29. The average Bonchev–Trinajstić information content (AvgIpc) is 3.43. The van der Waals surface area contributed by atoms with Crippen LogP contribution < -0.4 is 0 Å². The number of nitrogens with one attached hydrogen (secondary N) is 1. The second kappa shape index (κ2) is 8.16. The predicted molar refractivity (Wildman–Crippen MR) is 136 cm³/mol. The number of fused-ring (bicyclic) bond motifs is 1. The number of aromatic amines is 1. The summed E-state index contributed by atoms with van der Waals surface area (Å²) >= 11 is 0. The lowest BCUT2D eigenvalue weighted by Gasteiger charge is -2.10. The van der Waals surface area contributed by atoms with Crippen LogP contribution in [0.4, 0.5) is 0 Å². The molecule has 34 heavy (non-hydrogen) atoms. The van der Waals surface area contributed by atoms with Crippen molar-refractivity contribution in [1.82, 2.24) is 4.98 Å². The van der Waals surface area contributed by atoms with Crippen LogP contribution in [-0.2, 0) is 0 Å². The molecule has 0 spiro atoms. The molecule has 164 valence electrons. The summed E-state index contributed by atoms with van der Waals surface area (Å²) in [6.07, 6.45) is 8.47. The van der Waals surface area contributed by atoms with Crippen LogP contribution >= 0.6 is 0 Å². The summed E-state index contributed by atoms with van der Waals surface area (Å²) in [4.78, 5) is 20.3. The van der Waals surface area contributed by atoms with Gasteiger partial charge in [0.15, 0.2) is 5.88 Å². The molecule has 3 aromatic carbocycles. The normalized spacial score (nSPS) is 14.6. The van der Waals surface area contributed by atoms with Crippen LogP contribution in [0.15, 0.2) is 102 Å². The van der Waals surface area contributed by atoms with Crippen LogP contribution in [0.5, 0.6) is 5.88 Å². The molecule has 0 fully saturated rings. The quantitative estimate of drug-likeness (QED) is 0.366. The number of nitrogens with zero attached hydrogens (tertiary/aromatic N) is 1. The number of aromatic nitrogens is 1. The van der Waals surface area contributed by atoms with E-state index in [4.69, 9.17) is 0 Å². The minimum Gasteiger partial charge on any atom is -0.494 e. The minimum atomic E-state index is -0.340. The lowest BCUT2D eigenvalue weighted by molar-refractivity contribution is 0.101. The molecule has 1 aliphatic carbocycles. The molecular weight excluding hydrogens is 420 g/mol. The number of benzene rings is 3. The van der Waals surface area contributed by atoms with Gasteiger partial charge in [-0.25, -0.2) is 4.99 Å². The Labute approximate surface area is 197 Å². The Balaban J connectivity index is 1.34. The Kier molecular flexibility index (Phi) is 4.84. The van der Waals surface area contributed by atoms with Crippen molar-refractivity contribution in [2.45, 2.75) is 12.8 Å². The Morgan fingerprint density at radius 1 is 0.735 bits per heavy atom. The maximum atomic E-state index is 12.9. The summed E-state index contributed by atoms with van der Waals surface area (Å²) in [6, 6.07) is 26.1.